The number of thioether (sulfide) groups is 1. The number of hydrogen-bond acceptors (Lipinski definition) is 5. The van der Waals surface area contributed by atoms with Gasteiger partial charge in [-0.15, -0.1) is 10.2 Å². The second-order valence-electron chi connectivity index (χ2n) is 7.14. The molecular weight excluding hydrogens is 420 g/mol. The van der Waals surface area contributed by atoms with E-state index in [1.165, 1.54) is 11.8 Å². The lowest BCUT2D eigenvalue weighted by atomic mass is 10.1. The van der Waals surface area contributed by atoms with E-state index in [9.17, 15) is 4.79 Å². The van der Waals surface area contributed by atoms with Gasteiger partial charge in [-0.2, -0.15) is 0 Å². The lowest BCUT2D eigenvalue weighted by Crippen LogP contribution is -2.31. The quantitative estimate of drug-likeness (QED) is 0.504. The summed E-state index contributed by atoms with van der Waals surface area (Å²) in [6.07, 6.45) is 2.13. The van der Waals surface area contributed by atoms with Crippen molar-refractivity contribution in [3.63, 3.8) is 0 Å². The number of nitrogens with zero attached hydrogens (tertiary/aromatic N) is 4. The fourth-order valence-corrected chi connectivity index (χ4v) is 4.58. The van der Waals surface area contributed by atoms with E-state index in [0.717, 1.165) is 31.5 Å². The van der Waals surface area contributed by atoms with E-state index in [1.807, 2.05) is 59.0 Å². The summed E-state index contributed by atoms with van der Waals surface area (Å²) >= 11 is 7.35. The van der Waals surface area contributed by atoms with Gasteiger partial charge in [-0.25, -0.2) is 0 Å². The van der Waals surface area contributed by atoms with E-state index >= 15 is 0 Å². The topological polar surface area (TPSA) is 60.2 Å². The molecule has 30 heavy (non-hydrogen) atoms. The average molecular weight is 443 g/mol. The normalized spacial score (nSPS) is 14.7. The summed E-state index contributed by atoms with van der Waals surface area (Å²) in [5.41, 5.74) is 0.973. The summed E-state index contributed by atoms with van der Waals surface area (Å²) < 4.78 is 7.68. The summed E-state index contributed by atoms with van der Waals surface area (Å²) in [5.74, 6) is 1.53. The molecule has 1 aliphatic heterocycles. The van der Waals surface area contributed by atoms with E-state index in [-0.39, 0.29) is 17.8 Å². The average Bonchev–Trinajstić information content (AvgIpc) is 3.43. The molecule has 8 heteroatoms. The zero-order valence-corrected chi connectivity index (χ0v) is 18.3. The van der Waals surface area contributed by atoms with E-state index in [1.54, 1.807) is 12.1 Å². The van der Waals surface area contributed by atoms with Crippen LogP contribution in [0.1, 0.15) is 29.5 Å². The molecular formula is C22H23ClN4O2S. The van der Waals surface area contributed by atoms with Crippen LogP contribution in [0, 0.1) is 0 Å². The summed E-state index contributed by atoms with van der Waals surface area (Å²) in [4.78, 5) is 15.2. The molecule has 0 N–H and O–H groups in total. The molecule has 4 rings (SSSR count). The summed E-state index contributed by atoms with van der Waals surface area (Å²) in [6, 6.07) is 17.1. The van der Waals surface area contributed by atoms with Gasteiger partial charge in [-0.1, -0.05) is 53.7 Å². The van der Waals surface area contributed by atoms with Gasteiger partial charge in [0.25, 0.3) is 0 Å². The maximum atomic E-state index is 13.2. The molecule has 1 amide bonds. The van der Waals surface area contributed by atoms with E-state index in [4.69, 9.17) is 16.3 Å². The number of likely N-dealkylation sites (tertiary alicyclic amines) is 1. The van der Waals surface area contributed by atoms with Crippen molar-refractivity contribution in [3.05, 3.63) is 71.0 Å². The lowest BCUT2D eigenvalue weighted by Gasteiger charge is -2.22. The second kappa shape index (κ2) is 9.53. The molecule has 3 aromatic rings. The minimum atomic E-state index is -0.350. The largest absolute Gasteiger partial charge is 0.486 e. The van der Waals surface area contributed by atoms with Crippen LogP contribution in [0.5, 0.6) is 5.75 Å². The van der Waals surface area contributed by atoms with Gasteiger partial charge in [0.05, 0.1) is 0 Å². The van der Waals surface area contributed by atoms with Gasteiger partial charge in [0.2, 0.25) is 5.91 Å². The number of hydrogen-bond donors (Lipinski definition) is 0. The molecule has 0 aliphatic carbocycles. The number of amides is 1. The van der Waals surface area contributed by atoms with Crippen LogP contribution in [0.3, 0.4) is 0 Å². The van der Waals surface area contributed by atoms with Crippen LogP contribution in [-0.2, 0) is 18.4 Å². The molecule has 0 unspecified atom stereocenters. The standard InChI is InChI=1S/C22H23ClN4O2S/c1-26-19(15-29-18-11-9-17(23)10-12-18)24-25-22(26)30-20(16-7-3-2-4-8-16)21(28)27-13-5-6-14-27/h2-4,7-12,20H,5-6,13-15H2,1H3/t20-/m0/s1. The summed E-state index contributed by atoms with van der Waals surface area (Å²) in [5, 5.41) is 9.59. The van der Waals surface area contributed by atoms with Crippen molar-refractivity contribution in [1.82, 2.24) is 19.7 Å². The molecule has 1 aromatic heterocycles. The van der Waals surface area contributed by atoms with Crippen molar-refractivity contribution in [3.8, 4) is 5.75 Å². The zero-order chi connectivity index (χ0) is 20.9. The monoisotopic (exact) mass is 442 g/mol. The third kappa shape index (κ3) is 4.79. The van der Waals surface area contributed by atoms with E-state index in [2.05, 4.69) is 10.2 Å². The lowest BCUT2D eigenvalue weighted by molar-refractivity contribution is -0.129. The Morgan fingerprint density at radius 3 is 2.50 bits per heavy atom. The first-order valence-corrected chi connectivity index (χ1v) is 11.1. The maximum absolute atomic E-state index is 13.2. The van der Waals surface area contributed by atoms with E-state index < -0.39 is 0 Å². The second-order valence-corrected chi connectivity index (χ2v) is 8.65. The molecule has 1 saturated heterocycles. The van der Waals surface area contributed by atoms with Crippen molar-refractivity contribution in [2.24, 2.45) is 7.05 Å². The van der Waals surface area contributed by atoms with Gasteiger partial charge >= 0.3 is 0 Å². The third-order valence-corrected chi connectivity index (χ3v) is 6.60. The van der Waals surface area contributed by atoms with Crippen molar-refractivity contribution in [1.29, 1.82) is 0 Å². The highest BCUT2D eigenvalue weighted by molar-refractivity contribution is 8.00. The van der Waals surface area contributed by atoms with Crippen LogP contribution in [-0.4, -0.2) is 38.7 Å². The Balaban J connectivity index is 1.50. The Morgan fingerprint density at radius 2 is 1.80 bits per heavy atom. The van der Waals surface area contributed by atoms with Crippen LogP contribution in [0.25, 0.3) is 0 Å². The van der Waals surface area contributed by atoms with Gasteiger partial charge in [0.15, 0.2) is 11.0 Å². The first-order valence-electron chi connectivity index (χ1n) is 9.89. The molecule has 2 aromatic carbocycles. The molecule has 0 saturated carbocycles. The first kappa shape index (κ1) is 20.8. The van der Waals surface area contributed by atoms with Gasteiger partial charge in [-0.3, -0.25) is 4.79 Å². The molecule has 156 valence electrons. The van der Waals surface area contributed by atoms with Gasteiger partial charge in [-0.05, 0) is 42.7 Å². The van der Waals surface area contributed by atoms with Crippen molar-refractivity contribution < 1.29 is 9.53 Å². The Labute approximate surface area is 185 Å². The van der Waals surface area contributed by atoms with Gasteiger partial charge in [0, 0.05) is 25.2 Å². The highest BCUT2D eigenvalue weighted by atomic mass is 35.5. The van der Waals surface area contributed by atoms with Crippen LogP contribution in [0.2, 0.25) is 5.02 Å². The first-order chi connectivity index (χ1) is 14.6. The number of halogens is 1. The molecule has 0 bridgehead atoms. The fourth-order valence-electron chi connectivity index (χ4n) is 3.35. The molecule has 0 spiro atoms. The summed E-state index contributed by atoms with van der Waals surface area (Å²) in [7, 11) is 1.89. The minimum absolute atomic E-state index is 0.130. The Hall–Kier alpha value is -2.51. The maximum Gasteiger partial charge on any atom is 0.240 e. The SMILES string of the molecule is Cn1c(COc2ccc(Cl)cc2)nnc1S[C@H](C(=O)N1CCCC1)c1ccccc1. The smallest absolute Gasteiger partial charge is 0.240 e. The Bertz CT molecular complexity index is 988. The van der Waals surface area contributed by atoms with Crippen LogP contribution < -0.4 is 4.74 Å². The van der Waals surface area contributed by atoms with Crippen molar-refractivity contribution in [2.45, 2.75) is 29.9 Å². The molecule has 1 fully saturated rings. The minimum Gasteiger partial charge on any atom is -0.486 e. The number of carbonyl (C=O) groups is 1. The molecule has 0 radical (unpaired) electrons. The molecule has 1 aliphatic rings. The number of rotatable bonds is 7. The van der Waals surface area contributed by atoms with E-state index in [0.29, 0.717) is 21.8 Å². The predicted octanol–water partition coefficient (Wildman–Crippen LogP) is 4.50. The Kier molecular flexibility index (Phi) is 6.59. The van der Waals surface area contributed by atoms with Gasteiger partial charge < -0.3 is 14.2 Å². The fraction of sp³-hybridized carbons (Fsp3) is 0.318. The van der Waals surface area contributed by atoms with Crippen molar-refractivity contribution in [2.75, 3.05) is 13.1 Å². The molecule has 6 nitrogen and oxygen atoms in total. The number of carbonyl (C=O) groups excluding carboxylic acids is 1. The number of ether oxygens (including phenoxy) is 1. The Morgan fingerprint density at radius 1 is 1.10 bits per heavy atom. The molecule has 2 heterocycles. The highest BCUT2D eigenvalue weighted by Gasteiger charge is 2.30. The number of benzene rings is 2. The molecule has 1 atom stereocenters. The predicted molar refractivity (Wildman–Crippen MR) is 118 cm³/mol. The van der Waals surface area contributed by atoms with Crippen LogP contribution >= 0.6 is 23.4 Å². The van der Waals surface area contributed by atoms with Crippen molar-refractivity contribution >= 4 is 29.3 Å². The van der Waals surface area contributed by atoms with Crippen LogP contribution in [0.15, 0.2) is 59.8 Å². The van der Waals surface area contributed by atoms with Crippen LogP contribution in [0.4, 0.5) is 0 Å². The highest BCUT2D eigenvalue weighted by Crippen LogP contribution is 2.36. The number of aromatic nitrogens is 3. The van der Waals surface area contributed by atoms with Gasteiger partial charge in [0.1, 0.15) is 17.6 Å². The third-order valence-electron chi connectivity index (χ3n) is 5.07. The summed E-state index contributed by atoms with van der Waals surface area (Å²) in [6.45, 7) is 1.92. The zero-order valence-electron chi connectivity index (χ0n) is 16.7.